The Morgan fingerprint density at radius 3 is 1.88 bits per heavy atom. The Morgan fingerprint density at radius 1 is 0.625 bits per heavy atom. The van der Waals surface area contributed by atoms with Crippen LogP contribution in [0.2, 0.25) is 0 Å². The lowest BCUT2D eigenvalue weighted by Gasteiger charge is -2.36. The van der Waals surface area contributed by atoms with Gasteiger partial charge in [0.05, 0.1) is 28.4 Å². The van der Waals surface area contributed by atoms with E-state index >= 15 is 0 Å². The van der Waals surface area contributed by atoms with Gasteiger partial charge in [-0.3, -0.25) is 0 Å². The van der Waals surface area contributed by atoms with E-state index in [9.17, 15) is 0 Å². The molecular formula is C35H37NO4. The van der Waals surface area contributed by atoms with Crippen molar-refractivity contribution in [3.05, 3.63) is 119 Å². The summed E-state index contributed by atoms with van der Waals surface area (Å²) in [6.45, 7) is 5.17. The van der Waals surface area contributed by atoms with Crippen molar-refractivity contribution < 1.29 is 18.9 Å². The van der Waals surface area contributed by atoms with E-state index in [2.05, 4.69) is 91.6 Å². The molecule has 1 heterocycles. The lowest BCUT2D eigenvalue weighted by Crippen LogP contribution is -2.27. The highest BCUT2D eigenvalue weighted by atomic mass is 16.5. The van der Waals surface area contributed by atoms with Gasteiger partial charge < -0.3 is 23.8 Å². The number of nitrogens with zero attached hydrogens (tertiary/aromatic N) is 1. The van der Waals surface area contributed by atoms with Gasteiger partial charge in [-0.05, 0) is 77.6 Å². The van der Waals surface area contributed by atoms with Crippen molar-refractivity contribution in [2.24, 2.45) is 0 Å². The number of fused-ring (bicyclic) bond motifs is 1. The second-order valence-electron chi connectivity index (χ2n) is 10.1. The van der Waals surface area contributed by atoms with Crippen LogP contribution in [0.15, 0.2) is 102 Å². The molecule has 0 amide bonds. The fourth-order valence-corrected chi connectivity index (χ4v) is 5.65. The quantitative estimate of drug-likeness (QED) is 0.218. The number of allylic oxidation sites excluding steroid dienone is 4. The first kappa shape index (κ1) is 27.2. The third kappa shape index (κ3) is 5.37. The Morgan fingerprint density at radius 2 is 1.23 bits per heavy atom. The van der Waals surface area contributed by atoms with E-state index in [1.165, 1.54) is 38.9 Å². The summed E-state index contributed by atoms with van der Waals surface area (Å²) < 4.78 is 22.2. The minimum Gasteiger partial charge on any atom is -0.493 e. The molecule has 1 aliphatic heterocycles. The van der Waals surface area contributed by atoms with Crippen LogP contribution in [0.4, 0.5) is 0 Å². The monoisotopic (exact) mass is 535 g/mol. The van der Waals surface area contributed by atoms with E-state index in [0.29, 0.717) is 0 Å². The van der Waals surface area contributed by atoms with E-state index in [1.807, 2.05) is 12.1 Å². The van der Waals surface area contributed by atoms with Crippen molar-refractivity contribution in [1.29, 1.82) is 0 Å². The molecule has 5 rings (SSSR count). The highest BCUT2D eigenvalue weighted by Gasteiger charge is 2.27. The zero-order valence-corrected chi connectivity index (χ0v) is 24.2. The maximum Gasteiger partial charge on any atom is 0.161 e. The largest absolute Gasteiger partial charge is 0.493 e. The Hall–Kier alpha value is -4.38. The molecule has 0 fully saturated rings. The van der Waals surface area contributed by atoms with Crippen LogP contribution in [0.3, 0.4) is 0 Å². The molecule has 0 aromatic heterocycles. The lowest BCUT2D eigenvalue weighted by molar-refractivity contribution is 0.352. The fourth-order valence-electron chi connectivity index (χ4n) is 5.65. The van der Waals surface area contributed by atoms with Crippen molar-refractivity contribution in [3.8, 4) is 23.0 Å². The van der Waals surface area contributed by atoms with Crippen LogP contribution in [0.1, 0.15) is 36.5 Å². The predicted molar refractivity (Wildman–Crippen MR) is 161 cm³/mol. The zero-order valence-electron chi connectivity index (χ0n) is 24.2. The molecule has 1 aliphatic rings. The maximum atomic E-state index is 5.62. The highest BCUT2D eigenvalue weighted by Crippen LogP contribution is 2.41. The molecule has 1 unspecified atom stereocenters. The molecule has 0 aliphatic carbocycles. The second kappa shape index (κ2) is 11.8. The Bertz CT molecular complexity index is 1590. The Kier molecular flexibility index (Phi) is 8.01. The summed E-state index contributed by atoms with van der Waals surface area (Å²) >= 11 is 0. The van der Waals surface area contributed by atoms with Crippen LogP contribution in [0, 0.1) is 0 Å². The molecule has 0 spiro atoms. The maximum absolute atomic E-state index is 5.62. The summed E-state index contributed by atoms with van der Waals surface area (Å²) in [6, 6.07) is 27.7. The third-order valence-electron chi connectivity index (χ3n) is 7.84. The first-order valence-electron chi connectivity index (χ1n) is 13.5. The number of benzene rings is 4. The van der Waals surface area contributed by atoms with Gasteiger partial charge in [-0.1, -0.05) is 60.7 Å². The summed E-state index contributed by atoms with van der Waals surface area (Å²) in [5, 5.41) is 2.50. The lowest BCUT2D eigenvalue weighted by atomic mass is 9.82. The SMILES string of the molecule is COc1ccc(CC2=C(C)N(Cc3ccc(OC)c(OC)c3)C(C)=CC2c2ccc3ccccc3c2)cc1OC. The average Bonchev–Trinajstić information content (AvgIpc) is 2.99. The number of hydrogen-bond donors (Lipinski definition) is 0. The van der Waals surface area contributed by atoms with Gasteiger partial charge in [-0.25, -0.2) is 0 Å². The van der Waals surface area contributed by atoms with E-state index in [1.54, 1.807) is 28.4 Å². The average molecular weight is 536 g/mol. The standard InChI is InChI=1S/C35H37NO4/c1-23-17-31(29-14-13-27-9-7-8-10-28(27)21-29)30(18-25-11-15-32(37-3)34(19-25)39-5)24(2)36(23)22-26-12-16-33(38-4)35(20-26)40-6/h7-17,19-21,31H,18,22H2,1-6H3. The van der Waals surface area contributed by atoms with E-state index in [4.69, 9.17) is 18.9 Å². The van der Waals surface area contributed by atoms with E-state index < -0.39 is 0 Å². The molecule has 4 aromatic carbocycles. The van der Waals surface area contributed by atoms with Gasteiger partial charge >= 0.3 is 0 Å². The summed E-state index contributed by atoms with van der Waals surface area (Å²) in [5.41, 5.74) is 7.45. The van der Waals surface area contributed by atoms with Gasteiger partial charge in [-0.15, -0.1) is 0 Å². The van der Waals surface area contributed by atoms with E-state index in [0.717, 1.165) is 41.5 Å². The minimum absolute atomic E-state index is 0.152. The van der Waals surface area contributed by atoms with E-state index in [-0.39, 0.29) is 5.92 Å². The molecule has 1 atom stereocenters. The summed E-state index contributed by atoms with van der Waals surface area (Å²) in [7, 11) is 6.69. The molecular weight excluding hydrogens is 498 g/mol. The second-order valence-corrected chi connectivity index (χ2v) is 10.1. The van der Waals surface area contributed by atoms with Gasteiger partial charge in [0.1, 0.15) is 0 Å². The first-order chi connectivity index (χ1) is 19.4. The third-order valence-corrected chi connectivity index (χ3v) is 7.84. The minimum atomic E-state index is 0.152. The van der Waals surface area contributed by atoms with Crippen molar-refractivity contribution in [2.45, 2.75) is 32.7 Å². The number of rotatable bonds is 9. The number of methoxy groups -OCH3 is 4. The molecule has 0 saturated heterocycles. The molecule has 0 radical (unpaired) electrons. The first-order valence-corrected chi connectivity index (χ1v) is 13.5. The smallest absolute Gasteiger partial charge is 0.161 e. The van der Waals surface area contributed by atoms with Gasteiger partial charge in [0.25, 0.3) is 0 Å². The van der Waals surface area contributed by atoms with Crippen LogP contribution in [-0.2, 0) is 13.0 Å². The molecule has 0 saturated carbocycles. The fraction of sp³-hybridized carbons (Fsp3) is 0.257. The highest BCUT2D eigenvalue weighted by molar-refractivity contribution is 5.83. The summed E-state index contributed by atoms with van der Waals surface area (Å²) in [6.07, 6.45) is 3.18. The zero-order chi connectivity index (χ0) is 28.2. The predicted octanol–water partition coefficient (Wildman–Crippen LogP) is 7.89. The molecule has 0 bridgehead atoms. The van der Waals surface area contributed by atoms with Crippen LogP contribution >= 0.6 is 0 Å². The van der Waals surface area contributed by atoms with Gasteiger partial charge in [0.2, 0.25) is 0 Å². The van der Waals surface area contributed by atoms with Crippen LogP contribution in [0.5, 0.6) is 23.0 Å². The van der Waals surface area contributed by atoms with Gasteiger partial charge in [-0.2, -0.15) is 0 Å². The van der Waals surface area contributed by atoms with Crippen molar-refractivity contribution in [2.75, 3.05) is 28.4 Å². The Balaban J connectivity index is 1.57. The van der Waals surface area contributed by atoms with Gasteiger partial charge in [0, 0.05) is 23.9 Å². The van der Waals surface area contributed by atoms with Gasteiger partial charge in [0.15, 0.2) is 23.0 Å². The Labute approximate surface area is 237 Å². The molecule has 5 heteroatoms. The molecule has 5 nitrogen and oxygen atoms in total. The molecule has 0 N–H and O–H groups in total. The van der Waals surface area contributed by atoms with Crippen LogP contribution < -0.4 is 18.9 Å². The molecule has 4 aromatic rings. The van der Waals surface area contributed by atoms with Crippen molar-refractivity contribution in [1.82, 2.24) is 4.90 Å². The number of ether oxygens (including phenoxy) is 4. The van der Waals surface area contributed by atoms with Crippen molar-refractivity contribution >= 4 is 10.8 Å². The van der Waals surface area contributed by atoms with Crippen LogP contribution in [-0.4, -0.2) is 33.3 Å². The van der Waals surface area contributed by atoms with Crippen molar-refractivity contribution in [3.63, 3.8) is 0 Å². The summed E-state index contributed by atoms with van der Waals surface area (Å²) in [4.78, 5) is 2.40. The molecule has 206 valence electrons. The summed E-state index contributed by atoms with van der Waals surface area (Å²) in [5.74, 6) is 3.09. The molecule has 40 heavy (non-hydrogen) atoms. The topological polar surface area (TPSA) is 40.2 Å². The number of hydrogen-bond acceptors (Lipinski definition) is 5. The van der Waals surface area contributed by atoms with Crippen LogP contribution in [0.25, 0.3) is 10.8 Å². The normalized spacial score (nSPS) is 15.2.